The Morgan fingerprint density at radius 1 is 1.12 bits per heavy atom. The van der Waals surface area contributed by atoms with Crippen LogP contribution in [0.3, 0.4) is 0 Å². The second-order valence-electron chi connectivity index (χ2n) is 5.91. The highest BCUT2D eigenvalue weighted by Crippen LogP contribution is 2.36. The molecule has 1 N–H and O–H groups in total. The summed E-state index contributed by atoms with van der Waals surface area (Å²) in [4.78, 5) is 0. The molecule has 1 aliphatic rings. The lowest BCUT2D eigenvalue weighted by molar-refractivity contribution is 0.264. The van der Waals surface area contributed by atoms with Gasteiger partial charge in [-0.3, -0.25) is 0 Å². The Labute approximate surface area is 106 Å². The van der Waals surface area contributed by atoms with Gasteiger partial charge in [-0.15, -0.1) is 0 Å². The van der Waals surface area contributed by atoms with Crippen molar-refractivity contribution >= 4 is 0 Å². The molecule has 1 aliphatic carbocycles. The van der Waals surface area contributed by atoms with Gasteiger partial charge in [0.2, 0.25) is 0 Å². The van der Waals surface area contributed by atoms with Crippen molar-refractivity contribution in [1.29, 1.82) is 0 Å². The average Bonchev–Trinajstić information content (AvgIpc) is 2.28. The SMILES string of the molecule is CC(C)C(C)CNC1CC(c2ccccc2)C1. The molecule has 1 aromatic carbocycles. The molecule has 2 rings (SSSR count). The fraction of sp³-hybridized carbons (Fsp3) is 0.625. The van der Waals surface area contributed by atoms with E-state index in [0.29, 0.717) is 0 Å². The molecule has 94 valence electrons. The second kappa shape index (κ2) is 5.68. The average molecular weight is 231 g/mol. The lowest BCUT2D eigenvalue weighted by Crippen LogP contribution is -2.42. The summed E-state index contributed by atoms with van der Waals surface area (Å²) in [6, 6.07) is 11.7. The van der Waals surface area contributed by atoms with Gasteiger partial charge in [-0.1, -0.05) is 51.1 Å². The van der Waals surface area contributed by atoms with Crippen LogP contribution in [-0.2, 0) is 0 Å². The van der Waals surface area contributed by atoms with Crippen LogP contribution in [0.15, 0.2) is 30.3 Å². The van der Waals surface area contributed by atoms with Crippen molar-refractivity contribution in [3.8, 4) is 0 Å². The van der Waals surface area contributed by atoms with Gasteiger partial charge in [-0.25, -0.2) is 0 Å². The lowest BCUT2D eigenvalue weighted by atomic mass is 9.75. The van der Waals surface area contributed by atoms with Crippen LogP contribution in [0.1, 0.15) is 45.1 Å². The molecule has 17 heavy (non-hydrogen) atoms. The van der Waals surface area contributed by atoms with Gasteiger partial charge in [0.15, 0.2) is 0 Å². The number of hydrogen-bond acceptors (Lipinski definition) is 1. The molecule has 0 aliphatic heterocycles. The maximum Gasteiger partial charge on any atom is 0.00788 e. The summed E-state index contributed by atoms with van der Waals surface area (Å²) in [6.07, 6.45) is 2.63. The first-order valence-electron chi connectivity index (χ1n) is 6.95. The van der Waals surface area contributed by atoms with Gasteiger partial charge in [-0.2, -0.15) is 0 Å². The van der Waals surface area contributed by atoms with Crippen LogP contribution in [0.5, 0.6) is 0 Å². The summed E-state index contributed by atoms with van der Waals surface area (Å²) < 4.78 is 0. The Balaban J connectivity index is 1.69. The first kappa shape index (κ1) is 12.6. The molecule has 1 saturated carbocycles. The molecule has 0 spiro atoms. The third kappa shape index (κ3) is 3.32. The van der Waals surface area contributed by atoms with Crippen LogP contribution in [0.2, 0.25) is 0 Å². The van der Waals surface area contributed by atoms with Crippen molar-refractivity contribution in [2.24, 2.45) is 11.8 Å². The molecule has 0 amide bonds. The van der Waals surface area contributed by atoms with E-state index in [1.54, 1.807) is 0 Å². The molecule has 0 radical (unpaired) electrons. The van der Waals surface area contributed by atoms with E-state index in [0.717, 1.165) is 23.8 Å². The molecular formula is C16H25N. The van der Waals surface area contributed by atoms with Crippen molar-refractivity contribution in [2.75, 3.05) is 6.54 Å². The third-order valence-corrected chi connectivity index (χ3v) is 4.28. The predicted molar refractivity (Wildman–Crippen MR) is 74.2 cm³/mol. The van der Waals surface area contributed by atoms with E-state index in [9.17, 15) is 0 Å². The molecule has 1 fully saturated rings. The highest BCUT2D eigenvalue weighted by molar-refractivity contribution is 5.22. The summed E-state index contributed by atoms with van der Waals surface area (Å²) >= 11 is 0. The van der Waals surface area contributed by atoms with E-state index < -0.39 is 0 Å². The molecule has 1 nitrogen and oxygen atoms in total. The Hall–Kier alpha value is -0.820. The van der Waals surface area contributed by atoms with Crippen LogP contribution >= 0.6 is 0 Å². The molecule has 1 atom stereocenters. The lowest BCUT2D eigenvalue weighted by Gasteiger charge is -2.37. The van der Waals surface area contributed by atoms with Crippen LogP contribution in [0.4, 0.5) is 0 Å². The van der Waals surface area contributed by atoms with Crippen molar-refractivity contribution in [1.82, 2.24) is 5.32 Å². The molecule has 1 unspecified atom stereocenters. The van der Waals surface area contributed by atoms with Crippen molar-refractivity contribution in [3.63, 3.8) is 0 Å². The zero-order chi connectivity index (χ0) is 12.3. The van der Waals surface area contributed by atoms with Gasteiger partial charge in [0.1, 0.15) is 0 Å². The van der Waals surface area contributed by atoms with E-state index >= 15 is 0 Å². The highest BCUT2D eigenvalue weighted by atomic mass is 14.9. The summed E-state index contributed by atoms with van der Waals surface area (Å²) in [7, 11) is 0. The normalized spacial score (nSPS) is 25.6. The van der Waals surface area contributed by atoms with E-state index in [2.05, 4.69) is 56.4 Å². The van der Waals surface area contributed by atoms with E-state index in [1.165, 1.54) is 24.9 Å². The molecule has 0 heterocycles. The summed E-state index contributed by atoms with van der Waals surface area (Å²) in [5.74, 6) is 2.36. The van der Waals surface area contributed by atoms with E-state index in [-0.39, 0.29) is 0 Å². The van der Waals surface area contributed by atoms with E-state index in [1.807, 2.05) is 0 Å². The maximum absolute atomic E-state index is 3.70. The van der Waals surface area contributed by atoms with Gasteiger partial charge >= 0.3 is 0 Å². The van der Waals surface area contributed by atoms with Gasteiger partial charge < -0.3 is 5.32 Å². The number of nitrogens with one attached hydrogen (secondary N) is 1. The smallest absolute Gasteiger partial charge is 0.00788 e. The minimum atomic E-state index is 0.751. The standard InChI is InChI=1S/C16H25N/c1-12(2)13(3)11-17-16-9-15(10-16)14-7-5-4-6-8-14/h4-8,12-13,15-17H,9-11H2,1-3H3. The fourth-order valence-corrected chi connectivity index (χ4v) is 2.37. The van der Waals surface area contributed by atoms with Gasteiger partial charge in [0.05, 0.1) is 0 Å². The Morgan fingerprint density at radius 2 is 1.76 bits per heavy atom. The molecule has 0 aromatic heterocycles. The van der Waals surface area contributed by atoms with E-state index in [4.69, 9.17) is 0 Å². The molecular weight excluding hydrogens is 206 g/mol. The van der Waals surface area contributed by atoms with Gasteiger partial charge in [0.25, 0.3) is 0 Å². The van der Waals surface area contributed by atoms with Gasteiger partial charge in [0, 0.05) is 6.04 Å². The van der Waals surface area contributed by atoms with Crippen molar-refractivity contribution < 1.29 is 0 Å². The molecule has 0 saturated heterocycles. The molecule has 0 bridgehead atoms. The zero-order valence-electron chi connectivity index (χ0n) is 11.3. The molecule has 1 aromatic rings. The van der Waals surface area contributed by atoms with Crippen LogP contribution in [0.25, 0.3) is 0 Å². The quantitative estimate of drug-likeness (QED) is 0.812. The summed E-state index contributed by atoms with van der Waals surface area (Å²) in [5.41, 5.74) is 1.52. The summed E-state index contributed by atoms with van der Waals surface area (Å²) in [5, 5.41) is 3.70. The van der Waals surface area contributed by atoms with Crippen molar-refractivity contribution in [2.45, 2.75) is 45.6 Å². The maximum atomic E-state index is 3.70. The monoisotopic (exact) mass is 231 g/mol. The van der Waals surface area contributed by atoms with Crippen LogP contribution < -0.4 is 5.32 Å². The highest BCUT2D eigenvalue weighted by Gasteiger charge is 2.29. The Morgan fingerprint density at radius 3 is 2.35 bits per heavy atom. The minimum Gasteiger partial charge on any atom is -0.314 e. The Kier molecular flexibility index (Phi) is 4.22. The largest absolute Gasteiger partial charge is 0.314 e. The first-order chi connectivity index (χ1) is 8.16. The number of rotatable bonds is 5. The topological polar surface area (TPSA) is 12.0 Å². The number of benzene rings is 1. The zero-order valence-corrected chi connectivity index (χ0v) is 11.3. The van der Waals surface area contributed by atoms with Crippen LogP contribution in [-0.4, -0.2) is 12.6 Å². The Bertz CT molecular complexity index is 325. The van der Waals surface area contributed by atoms with Gasteiger partial charge in [-0.05, 0) is 42.7 Å². The van der Waals surface area contributed by atoms with Crippen molar-refractivity contribution in [3.05, 3.63) is 35.9 Å². The summed E-state index contributed by atoms with van der Waals surface area (Å²) in [6.45, 7) is 8.12. The minimum absolute atomic E-state index is 0.751. The molecule has 1 heteroatoms. The third-order valence-electron chi connectivity index (χ3n) is 4.28. The first-order valence-corrected chi connectivity index (χ1v) is 6.95. The second-order valence-corrected chi connectivity index (χ2v) is 5.91. The fourth-order valence-electron chi connectivity index (χ4n) is 2.37. The number of hydrogen-bond donors (Lipinski definition) is 1. The van der Waals surface area contributed by atoms with Crippen LogP contribution in [0, 0.1) is 11.8 Å². The predicted octanol–water partition coefficient (Wildman–Crippen LogP) is 3.81.